The monoisotopic (exact) mass is 252 g/mol. The minimum Gasteiger partial charge on any atom is -0.341 e. The number of nitrogens with one attached hydrogen (secondary N) is 2. The number of hydrogen-bond donors (Lipinski definition) is 2. The Kier molecular flexibility index (Phi) is 2.97. The van der Waals surface area contributed by atoms with E-state index in [-0.39, 0.29) is 0 Å². The summed E-state index contributed by atoms with van der Waals surface area (Å²) in [5.74, 6) is -0.959. The molecule has 96 valence electrons. The molecule has 2 aromatic rings. The molecule has 0 spiro atoms. The van der Waals surface area contributed by atoms with Crippen molar-refractivity contribution in [3.05, 3.63) is 29.6 Å². The van der Waals surface area contributed by atoms with Crippen molar-refractivity contribution in [2.45, 2.75) is 6.54 Å². The first-order valence-electron chi connectivity index (χ1n) is 5.99. The van der Waals surface area contributed by atoms with Gasteiger partial charge in [-0.3, -0.25) is 4.90 Å². The first kappa shape index (κ1) is 11.6. The molecule has 0 bridgehead atoms. The summed E-state index contributed by atoms with van der Waals surface area (Å²) >= 11 is 0. The maximum atomic E-state index is 13.1. The van der Waals surface area contributed by atoms with Crippen molar-refractivity contribution >= 4 is 11.0 Å². The van der Waals surface area contributed by atoms with Crippen LogP contribution in [0.1, 0.15) is 5.82 Å². The quantitative estimate of drug-likeness (QED) is 0.845. The summed E-state index contributed by atoms with van der Waals surface area (Å²) in [4.78, 5) is 9.57. The van der Waals surface area contributed by atoms with Crippen molar-refractivity contribution in [1.82, 2.24) is 20.2 Å². The normalized spacial score (nSPS) is 17.4. The van der Waals surface area contributed by atoms with Gasteiger partial charge in [-0.15, -0.1) is 0 Å². The Morgan fingerprint density at radius 2 is 1.89 bits per heavy atom. The molecule has 0 unspecified atom stereocenters. The van der Waals surface area contributed by atoms with E-state index in [0.29, 0.717) is 17.6 Å². The summed E-state index contributed by atoms with van der Waals surface area (Å²) in [7, 11) is 0. The Morgan fingerprint density at radius 3 is 2.67 bits per heavy atom. The Balaban J connectivity index is 1.84. The van der Waals surface area contributed by atoms with Crippen LogP contribution >= 0.6 is 0 Å². The van der Waals surface area contributed by atoms with Crippen molar-refractivity contribution in [2.75, 3.05) is 26.2 Å². The number of aromatic amines is 1. The highest BCUT2D eigenvalue weighted by atomic mass is 19.2. The summed E-state index contributed by atoms with van der Waals surface area (Å²) in [6.07, 6.45) is 0. The highest BCUT2D eigenvalue weighted by Crippen LogP contribution is 2.17. The third-order valence-corrected chi connectivity index (χ3v) is 3.16. The average Bonchev–Trinajstić information content (AvgIpc) is 2.72. The predicted octanol–water partition coefficient (Wildman–Crippen LogP) is 1.25. The molecule has 1 saturated heterocycles. The van der Waals surface area contributed by atoms with Gasteiger partial charge in [0.05, 0.1) is 17.6 Å². The Hall–Kier alpha value is -1.53. The molecule has 2 heterocycles. The van der Waals surface area contributed by atoms with Gasteiger partial charge in [-0.2, -0.15) is 0 Å². The zero-order valence-electron chi connectivity index (χ0n) is 9.84. The molecule has 1 aliphatic heterocycles. The summed E-state index contributed by atoms with van der Waals surface area (Å²) < 4.78 is 26.1. The van der Waals surface area contributed by atoms with Gasteiger partial charge in [-0.05, 0) is 0 Å². The molecule has 1 aromatic carbocycles. The minimum atomic E-state index is -0.859. The highest BCUT2D eigenvalue weighted by Gasteiger charge is 2.13. The van der Waals surface area contributed by atoms with E-state index in [1.165, 1.54) is 0 Å². The van der Waals surface area contributed by atoms with E-state index in [4.69, 9.17) is 0 Å². The average molecular weight is 252 g/mol. The SMILES string of the molecule is Fc1cc2nc(CN3CCNCC3)[nH]c2cc1F. The fourth-order valence-electron chi connectivity index (χ4n) is 2.21. The molecule has 6 heteroatoms. The topological polar surface area (TPSA) is 44.0 Å². The number of halogens is 2. The van der Waals surface area contributed by atoms with Gasteiger partial charge >= 0.3 is 0 Å². The molecule has 1 aliphatic rings. The number of rotatable bonds is 2. The molecule has 0 atom stereocenters. The van der Waals surface area contributed by atoms with Gasteiger partial charge in [0, 0.05) is 38.3 Å². The third-order valence-electron chi connectivity index (χ3n) is 3.16. The molecule has 1 fully saturated rings. The first-order chi connectivity index (χ1) is 8.72. The van der Waals surface area contributed by atoms with Crippen molar-refractivity contribution in [3.8, 4) is 0 Å². The van der Waals surface area contributed by atoms with Gasteiger partial charge in [0.1, 0.15) is 5.82 Å². The van der Waals surface area contributed by atoms with Crippen LogP contribution in [0.2, 0.25) is 0 Å². The van der Waals surface area contributed by atoms with Crippen LogP contribution < -0.4 is 5.32 Å². The van der Waals surface area contributed by atoms with Crippen molar-refractivity contribution in [2.24, 2.45) is 0 Å². The van der Waals surface area contributed by atoms with Crippen LogP contribution in [0, 0.1) is 11.6 Å². The number of fused-ring (bicyclic) bond motifs is 1. The lowest BCUT2D eigenvalue weighted by molar-refractivity contribution is 0.229. The summed E-state index contributed by atoms with van der Waals surface area (Å²) in [5.41, 5.74) is 1.01. The van der Waals surface area contributed by atoms with E-state index in [9.17, 15) is 8.78 Å². The Bertz CT molecular complexity index is 521. The van der Waals surface area contributed by atoms with Crippen LogP contribution in [0.5, 0.6) is 0 Å². The molecule has 4 nitrogen and oxygen atoms in total. The number of benzene rings is 1. The van der Waals surface area contributed by atoms with E-state index in [1.54, 1.807) is 0 Å². The molecular formula is C12H14F2N4. The Morgan fingerprint density at radius 1 is 1.17 bits per heavy atom. The molecule has 2 N–H and O–H groups in total. The van der Waals surface area contributed by atoms with E-state index < -0.39 is 11.6 Å². The van der Waals surface area contributed by atoms with Crippen LogP contribution in [-0.4, -0.2) is 41.0 Å². The minimum absolute atomic E-state index is 0.471. The number of piperazine rings is 1. The predicted molar refractivity (Wildman–Crippen MR) is 64.2 cm³/mol. The fraction of sp³-hybridized carbons (Fsp3) is 0.417. The van der Waals surface area contributed by atoms with Crippen LogP contribution in [0.3, 0.4) is 0 Å². The summed E-state index contributed by atoms with van der Waals surface area (Å²) in [6.45, 7) is 4.52. The molecular weight excluding hydrogens is 238 g/mol. The second-order valence-electron chi connectivity index (χ2n) is 4.49. The lowest BCUT2D eigenvalue weighted by atomic mass is 10.3. The zero-order chi connectivity index (χ0) is 12.5. The summed E-state index contributed by atoms with van der Waals surface area (Å²) in [6, 6.07) is 2.28. The van der Waals surface area contributed by atoms with Crippen LogP contribution in [0.4, 0.5) is 8.78 Å². The standard InChI is InChI=1S/C12H14F2N4/c13-8-5-10-11(6-9(8)14)17-12(16-10)7-18-3-1-15-2-4-18/h5-6,15H,1-4,7H2,(H,16,17). The largest absolute Gasteiger partial charge is 0.341 e. The highest BCUT2D eigenvalue weighted by molar-refractivity contribution is 5.75. The molecule has 0 aliphatic carbocycles. The Labute approximate surface area is 103 Å². The van der Waals surface area contributed by atoms with E-state index in [2.05, 4.69) is 20.2 Å². The van der Waals surface area contributed by atoms with Crippen LogP contribution in [0.25, 0.3) is 11.0 Å². The van der Waals surface area contributed by atoms with Crippen LogP contribution in [-0.2, 0) is 6.54 Å². The second-order valence-corrected chi connectivity index (χ2v) is 4.49. The van der Waals surface area contributed by atoms with Gasteiger partial charge in [0.25, 0.3) is 0 Å². The molecule has 1 aromatic heterocycles. The lowest BCUT2D eigenvalue weighted by Gasteiger charge is -2.26. The molecule has 18 heavy (non-hydrogen) atoms. The molecule has 0 amide bonds. The van der Waals surface area contributed by atoms with Gasteiger partial charge in [0.2, 0.25) is 0 Å². The lowest BCUT2D eigenvalue weighted by Crippen LogP contribution is -2.43. The number of aromatic nitrogens is 2. The molecule has 0 radical (unpaired) electrons. The van der Waals surface area contributed by atoms with Gasteiger partial charge in [0.15, 0.2) is 11.6 Å². The third kappa shape index (κ3) is 2.21. The second kappa shape index (κ2) is 4.62. The van der Waals surface area contributed by atoms with E-state index >= 15 is 0 Å². The van der Waals surface area contributed by atoms with Crippen molar-refractivity contribution in [3.63, 3.8) is 0 Å². The van der Waals surface area contributed by atoms with Gasteiger partial charge in [-0.25, -0.2) is 13.8 Å². The van der Waals surface area contributed by atoms with Crippen LogP contribution in [0.15, 0.2) is 12.1 Å². The van der Waals surface area contributed by atoms with E-state index in [0.717, 1.165) is 44.1 Å². The number of hydrogen-bond acceptors (Lipinski definition) is 3. The maximum absolute atomic E-state index is 13.1. The number of imidazole rings is 1. The van der Waals surface area contributed by atoms with Crippen molar-refractivity contribution in [1.29, 1.82) is 0 Å². The summed E-state index contributed by atoms with van der Waals surface area (Å²) in [5, 5.41) is 3.27. The fourth-order valence-corrected chi connectivity index (χ4v) is 2.21. The van der Waals surface area contributed by atoms with Gasteiger partial charge < -0.3 is 10.3 Å². The van der Waals surface area contributed by atoms with Crippen molar-refractivity contribution < 1.29 is 8.78 Å². The molecule has 0 saturated carbocycles. The first-order valence-corrected chi connectivity index (χ1v) is 5.99. The van der Waals surface area contributed by atoms with E-state index in [1.807, 2.05) is 0 Å². The van der Waals surface area contributed by atoms with Gasteiger partial charge in [-0.1, -0.05) is 0 Å². The zero-order valence-corrected chi connectivity index (χ0v) is 9.84. The number of H-pyrrole nitrogens is 1. The number of nitrogens with zero attached hydrogens (tertiary/aromatic N) is 2. The smallest absolute Gasteiger partial charge is 0.161 e. The maximum Gasteiger partial charge on any atom is 0.161 e. The molecule has 3 rings (SSSR count).